The molecule has 3 aliphatic heterocycles. The van der Waals surface area contributed by atoms with Crippen molar-refractivity contribution in [2.24, 2.45) is 10.9 Å². The molecule has 2 atom stereocenters. The molecule has 2 bridgehead atoms. The standard InChI is InChI=1S/C23H43N5O2/c1-6-27-13-10-17(11-14-27)9-12-25-21(24-5)26-18-15-19-7-8-20(16-18)28(19)22(29)30-23(2,3)4/h17-20H,6-16H2,1-5H3,(H2,24,25,26). The molecule has 172 valence electrons. The molecule has 3 aliphatic rings. The van der Waals surface area contributed by atoms with Gasteiger partial charge in [0, 0.05) is 31.7 Å². The van der Waals surface area contributed by atoms with Crippen LogP contribution in [0.1, 0.15) is 72.6 Å². The summed E-state index contributed by atoms with van der Waals surface area (Å²) in [6.07, 6.45) is 7.76. The molecule has 3 rings (SSSR count). The van der Waals surface area contributed by atoms with Crippen molar-refractivity contribution in [3.8, 4) is 0 Å². The average molecular weight is 422 g/mol. The second-order valence-electron chi connectivity index (χ2n) is 10.3. The molecule has 3 saturated heterocycles. The first-order valence-corrected chi connectivity index (χ1v) is 12.0. The van der Waals surface area contributed by atoms with Gasteiger partial charge < -0.3 is 25.2 Å². The minimum absolute atomic E-state index is 0.148. The van der Waals surface area contributed by atoms with Gasteiger partial charge in [-0.2, -0.15) is 0 Å². The van der Waals surface area contributed by atoms with Crippen molar-refractivity contribution >= 4 is 12.1 Å². The highest BCUT2D eigenvalue weighted by Gasteiger charge is 2.45. The number of nitrogens with one attached hydrogen (secondary N) is 2. The fourth-order valence-electron chi connectivity index (χ4n) is 5.28. The summed E-state index contributed by atoms with van der Waals surface area (Å²) >= 11 is 0. The molecule has 0 radical (unpaired) electrons. The zero-order valence-electron chi connectivity index (χ0n) is 19.7. The van der Waals surface area contributed by atoms with Gasteiger partial charge in [0.1, 0.15) is 5.60 Å². The number of hydrogen-bond donors (Lipinski definition) is 2. The Morgan fingerprint density at radius 3 is 2.27 bits per heavy atom. The molecule has 3 fully saturated rings. The Hall–Kier alpha value is -1.50. The maximum absolute atomic E-state index is 12.6. The van der Waals surface area contributed by atoms with Crippen LogP contribution in [0.2, 0.25) is 0 Å². The fourth-order valence-corrected chi connectivity index (χ4v) is 5.28. The fraction of sp³-hybridized carbons (Fsp3) is 0.913. The van der Waals surface area contributed by atoms with E-state index in [0.717, 1.165) is 44.1 Å². The third-order valence-corrected chi connectivity index (χ3v) is 6.90. The molecule has 0 spiro atoms. The largest absolute Gasteiger partial charge is 0.444 e. The lowest BCUT2D eigenvalue weighted by Gasteiger charge is -2.40. The van der Waals surface area contributed by atoms with Crippen LogP contribution in [-0.4, -0.2) is 78.8 Å². The van der Waals surface area contributed by atoms with Crippen LogP contribution < -0.4 is 10.6 Å². The number of aliphatic imine (C=N–C) groups is 1. The van der Waals surface area contributed by atoms with E-state index in [1.807, 2.05) is 32.7 Å². The van der Waals surface area contributed by atoms with Crippen LogP contribution in [-0.2, 0) is 4.74 Å². The van der Waals surface area contributed by atoms with E-state index >= 15 is 0 Å². The van der Waals surface area contributed by atoms with Crippen LogP contribution in [0.3, 0.4) is 0 Å². The number of amides is 1. The smallest absolute Gasteiger partial charge is 0.410 e. The number of hydrogen-bond acceptors (Lipinski definition) is 4. The highest BCUT2D eigenvalue weighted by atomic mass is 16.6. The number of carbonyl (C=O) groups is 1. The molecule has 2 unspecified atom stereocenters. The number of rotatable bonds is 5. The quantitative estimate of drug-likeness (QED) is 0.527. The summed E-state index contributed by atoms with van der Waals surface area (Å²) < 4.78 is 5.65. The van der Waals surface area contributed by atoms with Crippen molar-refractivity contribution in [3.05, 3.63) is 0 Å². The molecular weight excluding hydrogens is 378 g/mol. The van der Waals surface area contributed by atoms with Gasteiger partial charge in [-0.05, 0) is 91.3 Å². The van der Waals surface area contributed by atoms with Crippen molar-refractivity contribution < 1.29 is 9.53 Å². The van der Waals surface area contributed by atoms with Crippen molar-refractivity contribution in [1.82, 2.24) is 20.4 Å². The molecule has 7 nitrogen and oxygen atoms in total. The van der Waals surface area contributed by atoms with Gasteiger partial charge in [-0.25, -0.2) is 4.79 Å². The molecule has 3 heterocycles. The summed E-state index contributed by atoms with van der Waals surface area (Å²) in [5.74, 6) is 1.72. The van der Waals surface area contributed by atoms with Gasteiger partial charge in [0.05, 0.1) is 0 Å². The van der Waals surface area contributed by atoms with E-state index in [9.17, 15) is 4.79 Å². The van der Waals surface area contributed by atoms with Crippen molar-refractivity contribution in [3.63, 3.8) is 0 Å². The Bertz CT molecular complexity index is 581. The predicted octanol–water partition coefficient (Wildman–Crippen LogP) is 3.20. The zero-order chi connectivity index (χ0) is 21.7. The number of nitrogens with zero attached hydrogens (tertiary/aromatic N) is 3. The van der Waals surface area contributed by atoms with E-state index in [0.29, 0.717) is 6.04 Å². The van der Waals surface area contributed by atoms with Gasteiger partial charge >= 0.3 is 6.09 Å². The van der Waals surface area contributed by atoms with Crippen LogP contribution in [0.25, 0.3) is 0 Å². The molecular formula is C23H43N5O2. The molecule has 0 aromatic carbocycles. The van der Waals surface area contributed by atoms with Crippen LogP contribution in [0.15, 0.2) is 4.99 Å². The van der Waals surface area contributed by atoms with E-state index < -0.39 is 5.60 Å². The summed E-state index contributed by atoms with van der Waals surface area (Å²) in [5, 5.41) is 7.14. The van der Waals surface area contributed by atoms with Crippen LogP contribution in [0, 0.1) is 5.92 Å². The Labute approximate surface area is 183 Å². The monoisotopic (exact) mass is 421 g/mol. The van der Waals surface area contributed by atoms with E-state index in [2.05, 4.69) is 27.4 Å². The average Bonchev–Trinajstić information content (AvgIpc) is 2.97. The highest BCUT2D eigenvalue weighted by molar-refractivity contribution is 5.80. The molecule has 0 aromatic rings. The molecule has 1 amide bonds. The predicted molar refractivity (Wildman–Crippen MR) is 122 cm³/mol. The van der Waals surface area contributed by atoms with Crippen LogP contribution in [0.5, 0.6) is 0 Å². The van der Waals surface area contributed by atoms with Crippen LogP contribution in [0.4, 0.5) is 4.79 Å². The van der Waals surface area contributed by atoms with Crippen molar-refractivity contribution in [2.45, 2.75) is 96.4 Å². The first-order valence-electron chi connectivity index (χ1n) is 12.0. The third kappa shape index (κ3) is 6.25. The number of guanidine groups is 1. The second-order valence-corrected chi connectivity index (χ2v) is 10.3. The summed E-state index contributed by atoms with van der Waals surface area (Å²) in [6, 6.07) is 0.913. The Kier molecular flexibility index (Phi) is 7.88. The van der Waals surface area contributed by atoms with E-state index in [-0.39, 0.29) is 18.2 Å². The Morgan fingerprint density at radius 2 is 1.73 bits per heavy atom. The SMILES string of the molecule is CCN1CCC(CCNC(=NC)NC2CC3CCC(C2)N3C(=O)OC(C)(C)C)CC1. The summed E-state index contributed by atoms with van der Waals surface area (Å²) in [7, 11) is 1.85. The van der Waals surface area contributed by atoms with Crippen molar-refractivity contribution in [1.29, 1.82) is 0 Å². The van der Waals surface area contributed by atoms with E-state index in [4.69, 9.17) is 4.74 Å². The lowest BCUT2D eigenvalue weighted by molar-refractivity contribution is 0.00545. The molecule has 0 aliphatic carbocycles. The molecule has 30 heavy (non-hydrogen) atoms. The van der Waals surface area contributed by atoms with Gasteiger partial charge in [0.15, 0.2) is 5.96 Å². The Morgan fingerprint density at radius 1 is 1.10 bits per heavy atom. The maximum Gasteiger partial charge on any atom is 0.410 e. The van der Waals surface area contributed by atoms with E-state index in [1.165, 1.54) is 38.9 Å². The molecule has 0 aromatic heterocycles. The topological polar surface area (TPSA) is 69.2 Å². The van der Waals surface area contributed by atoms with E-state index in [1.54, 1.807) is 0 Å². The van der Waals surface area contributed by atoms with Gasteiger partial charge in [-0.1, -0.05) is 6.92 Å². The minimum Gasteiger partial charge on any atom is -0.444 e. The molecule has 0 saturated carbocycles. The number of carbonyl (C=O) groups excluding carboxylic acids is 1. The number of ether oxygens (including phenoxy) is 1. The van der Waals surface area contributed by atoms with Gasteiger partial charge in [-0.3, -0.25) is 4.99 Å². The first-order chi connectivity index (χ1) is 14.3. The summed E-state index contributed by atoms with van der Waals surface area (Å²) in [5.41, 5.74) is -0.440. The molecule has 7 heteroatoms. The summed E-state index contributed by atoms with van der Waals surface area (Å²) in [6.45, 7) is 12.7. The minimum atomic E-state index is -0.440. The normalized spacial score (nSPS) is 28.5. The first kappa shape index (κ1) is 23.2. The maximum atomic E-state index is 12.6. The second kappa shape index (κ2) is 10.2. The number of likely N-dealkylation sites (tertiary alicyclic amines) is 1. The third-order valence-electron chi connectivity index (χ3n) is 6.90. The highest BCUT2D eigenvalue weighted by Crippen LogP contribution is 2.36. The summed E-state index contributed by atoms with van der Waals surface area (Å²) in [4.78, 5) is 21.6. The lowest BCUT2D eigenvalue weighted by Crippen LogP contribution is -2.55. The Balaban J connectivity index is 1.41. The number of piperidine rings is 2. The zero-order valence-corrected chi connectivity index (χ0v) is 19.7. The number of fused-ring (bicyclic) bond motifs is 2. The van der Waals surface area contributed by atoms with Crippen molar-refractivity contribution in [2.75, 3.05) is 33.2 Å². The van der Waals surface area contributed by atoms with Gasteiger partial charge in [0.25, 0.3) is 0 Å². The van der Waals surface area contributed by atoms with Gasteiger partial charge in [-0.15, -0.1) is 0 Å². The molecule has 2 N–H and O–H groups in total. The van der Waals surface area contributed by atoms with Crippen LogP contribution >= 0.6 is 0 Å². The van der Waals surface area contributed by atoms with Gasteiger partial charge in [0.2, 0.25) is 0 Å². The lowest BCUT2D eigenvalue weighted by atomic mass is 9.93.